The van der Waals surface area contributed by atoms with E-state index in [1.54, 1.807) is 31.2 Å². The SMILES string of the molecule is CC[C@@H](C(=O)NC)N(Cc1ccccc1Cl)C(=O)CN(c1cccc(C(F)(F)F)c1)S(C)(=O)=O. The van der Waals surface area contributed by atoms with E-state index in [-0.39, 0.29) is 18.7 Å². The highest BCUT2D eigenvalue weighted by molar-refractivity contribution is 7.92. The molecule has 0 saturated carbocycles. The van der Waals surface area contributed by atoms with Crippen LogP contribution in [0.15, 0.2) is 48.5 Å². The molecule has 1 N–H and O–H groups in total. The highest BCUT2D eigenvalue weighted by Crippen LogP contribution is 2.32. The molecule has 2 rings (SSSR count). The van der Waals surface area contributed by atoms with Crippen molar-refractivity contribution in [2.75, 3.05) is 24.2 Å². The first kappa shape index (κ1) is 27.5. The fourth-order valence-electron chi connectivity index (χ4n) is 3.35. The summed E-state index contributed by atoms with van der Waals surface area (Å²) in [6.07, 6.45) is -3.71. The van der Waals surface area contributed by atoms with Gasteiger partial charge in [-0.3, -0.25) is 13.9 Å². The summed E-state index contributed by atoms with van der Waals surface area (Å²) < 4.78 is 65.1. The Morgan fingerprint density at radius 1 is 1.12 bits per heavy atom. The largest absolute Gasteiger partial charge is 0.416 e. The Labute approximate surface area is 201 Å². The van der Waals surface area contributed by atoms with Crippen molar-refractivity contribution >= 4 is 39.1 Å². The van der Waals surface area contributed by atoms with Gasteiger partial charge in [0.15, 0.2) is 0 Å². The zero-order valence-corrected chi connectivity index (χ0v) is 20.3. The number of benzene rings is 2. The first-order valence-corrected chi connectivity index (χ1v) is 12.4. The van der Waals surface area contributed by atoms with Crippen molar-refractivity contribution in [1.82, 2.24) is 10.2 Å². The molecule has 2 aromatic rings. The number of carbonyl (C=O) groups excluding carboxylic acids is 2. The second-order valence-electron chi connectivity index (χ2n) is 7.47. The molecule has 0 aliphatic carbocycles. The molecule has 186 valence electrons. The van der Waals surface area contributed by atoms with Gasteiger partial charge in [0.05, 0.1) is 17.5 Å². The highest BCUT2D eigenvalue weighted by atomic mass is 35.5. The Hall–Kier alpha value is -2.79. The van der Waals surface area contributed by atoms with Gasteiger partial charge < -0.3 is 10.2 Å². The third-order valence-corrected chi connectivity index (χ3v) is 6.58. The standard InChI is InChI=1S/C22H25ClF3N3O4S/c1-4-19(21(31)27-2)28(13-15-8-5-6-11-18(15)23)20(30)14-29(34(3,32)33)17-10-7-9-16(12-17)22(24,25)26/h5-12,19H,4,13-14H2,1-3H3,(H,27,31)/t19-/m0/s1. The maximum atomic E-state index is 13.4. The smallest absolute Gasteiger partial charge is 0.357 e. The second kappa shape index (κ2) is 11.1. The monoisotopic (exact) mass is 519 g/mol. The van der Waals surface area contributed by atoms with Gasteiger partial charge in [0, 0.05) is 18.6 Å². The van der Waals surface area contributed by atoms with E-state index in [0.717, 1.165) is 24.5 Å². The molecule has 0 saturated heterocycles. The molecule has 0 unspecified atom stereocenters. The molecule has 34 heavy (non-hydrogen) atoms. The minimum absolute atomic E-state index is 0.107. The molecule has 7 nitrogen and oxygen atoms in total. The predicted molar refractivity (Wildman–Crippen MR) is 124 cm³/mol. The van der Waals surface area contributed by atoms with Crippen LogP contribution in [0.5, 0.6) is 0 Å². The minimum Gasteiger partial charge on any atom is -0.357 e. The molecule has 2 amide bonds. The number of alkyl halides is 3. The molecule has 12 heteroatoms. The fraction of sp³-hybridized carbons (Fsp3) is 0.364. The number of nitrogens with one attached hydrogen (secondary N) is 1. The number of amides is 2. The van der Waals surface area contributed by atoms with Gasteiger partial charge >= 0.3 is 6.18 Å². The molecule has 0 fully saturated rings. The first-order valence-electron chi connectivity index (χ1n) is 10.2. The average molecular weight is 520 g/mol. The summed E-state index contributed by atoms with van der Waals surface area (Å²) in [6, 6.07) is 9.35. The van der Waals surface area contributed by atoms with E-state index in [9.17, 15) is 31.2 Å². The number of likely N-dealkylation sites (N-methyl/N-ethyl adjacent to an activating group) is 1. The summed E-state index contributed by atoms with van der Waals surface area (Å²) in [5.74, 6) is -1.26. The van der Waals surface area contributed by atoms with Crippen LogP contribution in [0.3, 0.4) is 0 Å². The van der Waals surface area contributed by atoms with E-state index in [0.29, 0.717) is 21.0 Å². The summed E-state index contributed by atoms with van der Waals surface area (Å²) in [4.78, 5) is 27.0. The van der Waals surface area contributed by atoms with E-state index in [1.807, 2.05) is 0 Å². The lowest BCUT2D eigenvalue weighted by Crippen LogP contribution is -2.51. The number of sulfonamides is 1. The van der Waals surface area contributed by atoms with Gasteiger partial charge in [-0.05, 0) is 36.2 Å². The van der Waals surface area contributed by atoms with Gasteiger partial charge in [-0.1, -0.05) is 42.8 Å². The van der Waals surface area contributed by atoms with Gasteiger partial charge in [0.1, 0.15) is 12.6 Å². The van der Waals surface area contributed by atoms with Crippen LogP contribution in [-0.2, 0) is 32.3 Å². The molecule has 2 aromatic carbocycles. The first-order chi connectivity index (χ1) is 15.8. The number of hydrogen-bond donors (Lipinski definition) is 1. The van der Waals surface area contributed by atoms with Gasteiger partial charge in [0.2, 0.25) is 21.8 Å². The predicted octanol–water partition coefficient (Wildman–Crippen LogP) is 3.68. The van der Waals surface area contributed by atoms with Gasteiger partial charge in [-0.2, -0.15) is 13.2 Å². The summed E-state index contributed by atoms with van der Waals surface area (Å²) in [7, 11) is -2.76. The topological polar surface area (TPSA) is 86.8 Å². The summed E-state index contributed by atoms with van der Waals surface area (Å²) in [6.45, 7) is 0.761. The normalized spacial score (nSPS) is 12.7. The molecule has 0 aromatic heterocycles. The molecular weight excluding hydrogens is 495 g/mol. The molecule has 1 atom stereocenters. The molecule has 0 aliphatic heterocycles. The van der Waals surface area contributed by atoms with Gasteiger partial charge in [0.25, 0.3) is 0 Å². The minimum atomic E-state index is -4.70. The zero-order chi connectivity index (χ0) is 25.7. The van der Waals surface area contributed by atoms with Crippen LogP contribution in [-0.4, -0.2) is 51.0 Å². The molecule has 0 aliphatic rings. The van der Waals surface area contributed by atoms with Crippen LogP contribution < -0.4 is 9.62 Å². The van der Waals surface area contributed by atoms with Crippen molar-refractivity contribution < 1.29 is 31.2 Å². The molecule has 0 spiro atoms. The summed E-state index contributed by atoms with van der Waals surface area (Å²) in [5, 5.41) is 2.81. The van der Waals surface area contributed by atoms with Crippen LogP contribution in [0, 0.1) is 0 Å². The Morgan fingerprint density at radius 3 is 2.29 bits per heavy atom. The fourth-order valence-corrected chi connectivity index (χ4v) is 4.38. The Bertz CT molecular complexity index is 1140. The third kappa shape index (κ3) is 6.86. The van der Waals surface area contributed by atoms with Crippen LogP contribution in [0.2, 0.25) is 5.02 Å². The van der Waals surface area contributed by atoms with Crippen molar-refractivity contribution in [3.63, 3.8) is 0 Å². The van der Waals surface area contributed by atoms with E-state index < -0.39 is 46.2 Å². The zero-order valence-electron chi connectivity index (χ0n) is 18.8. The second-order valence-corrected chi connectivity index (χ2v) is 9.78. The van der Waals surface area contributed by atoms with Crippen molar-refractivity contribution in [3.8, 4) is 0 Å². The van der Waals surface area contributed by atoms with Crippen LogP contribution in [0.1, 0.15) is 24.5 Å². The summed E-state index contributed by atoms with van der Waals surface area (Å²) >= 11 is 6.22. The molecular formula is C22H25ClF3N3O4S. The lowest BCUT2D eigenvalue weighted by atomic mass is 10.1. The Morgan fingerprint density at radius 2 is 1.76 bits per heavy atom. The van der Waals surface area contributed by atoms with Gasteiger partial charge in [-0.15, -0.1) is 0 Å². The third-order valence-electron chi connectivity index (χ3n) is 5.07. The average Bonchev–Trinajstić information content (AvgIpc) is 2.76. The number of halogens is 4. The van der Waals surface area contributed by atoms with Crippen molar-refractivity contribution in [3.05, 3.63) is 64.7 Å². The summed E-state index contributed by atoms with van der Waals surface area (Å²) in [5.41, 5.74) is -0.864. The quantitative estimate of drug-likeness (QED) is 0.547. The maximum absolute atomic E-state index is 13.4. The van der Waals surface area contributed by atoms with E-state index in [4.69, 9.17) is 11.6 Å². The van der Waals surface area contributed by atoms with Crippen molar-refractivity contribution in [2.24, 2.45) is 0 Å². The van der Waals surface area contributed by atoms with Crippen LogP contribution >= 0.6 is 11.6 Å². The Balaban J connectivity index is 2.49. The maximum Gasteiger partial charge on any atom is 0.416 e. The van der Waals surface area contributed by atoms with Crippen LogP contribution in [0.25, 0.3) is 0 Å². The van der Waals surface area contributed by atoms with E-state index >= 15 is 0 Å². The highest BCUT2D eigenvalue weighted by Gasteiger charge is 2.34. The lowest BCUT2D eigenvalue weighted by molar-refractivity contribution is -0.140. The van der Waals surface area contributed by atoms with Crippen molar-refractivity contribution in [2.45, 2.75) is 32.1 Å². The van der Waals surface area contributed by atoms with Crippen molar-refractivity contribution in [1.29, 1.82) is 0 Å². The van der Waals surface area contributed by atoms with E-state index in [2.05, 4.69) is 5.32 Å². The number of rotatable bonds is 9. The molecule has 0 heterocycles. The molecule has 0 radical (unpaired) electrons. The molecule has 0 bridgehead atoms. The number of anilines is 1. The van der Waals surface area contributed by atoms with Gasteiger partial charge in [-0.25, -0.2) is 8.42 Å². The van der Waals surface area contributed by atoms with E-state index in [1.165, 1.54) is 11.9 Å². The Kier molecular flexibility index (Phi) is 8.96. The number of carbonyl (C=O) groups is 2. The number of hydrogen-bond acceptors (Lipinski definition) is 4. The lowest BCUT2D eigenvalue weighted by Gasteiger charge is -2.32. The number of nitrogens with zero attached hydrogens (tertiary/aromatic N) is 2. The van der Waals surface area contributed by atoms with Crippen LogP contribution in [0.4, 0.5) is 18.9 Å².